The molecular formula is C23H23BrN2O3. The number of benzene rings is 2. The van der Waals surface area contributed by atoms with Crippen molar-refractivity contribution < 1.29 is 14.2 Å². The molecule has 5 nitrogen and oxygen atoms in total. The van der Waals surface area contributed by atoms with Gasteiger partial charge in [-0.1, -0.05) is 22.0 Å². The Bertz CT molecular complexity index is 929. The lowest BCUT2D eigenvalue weighted by atomic mass is 10.2. The van der Waals surface area contributed by atoms with Gasteiger partial charge < -0.3 is 19.1 Å². The summed E-state index contributed by atoms with van der Waals surface area (Å²) in [7, 11) is 1.65. The molecule has 0 N–H and O–H groups in total. The largest absolute Gasteiger partial charge is 0.493 e. The zero-order valence-corrected chi connectivity index (χ0v) is 17.8. The number of pyridine rings is 1. The van der Waals surface area contributed by atoms with E-state index in [1.165, 1.54) is 0 Å². The topological polar surface area (TPSA) is 43.8 Å². The van der Waals surface area contributed by atoms with Gasteiger partial charge in [-0.25, -0.2) is 0 Å². The second-order valence-corrected chi connectivity index (χ2v) is 7.74. The number of rotatable bonds is 7. The second kappa shape index (κ2) is 9.29. The fourth-order valence-electron chi connectivity index (χ4n) is 3.33. The number of nitrogens with zero attached hydrogens (tertiary/aromatic N) is 2. The summed E-state index contributed by atoms with van der Waals surface area (Å²) in [6.45, 7) is 1.42. The van der Waals surface area contributed by atoms with Gasteiger partial charge in [-0.3, -0.25) is 4.98 Å². The molecule has 1 aliphatic rings. The quantitative estimate of drug-likeness (QED) is 0.457. The van der Waals surface area contributed by atoms with Crippen LogP contribution in [-0.2, 0) is 11.3 Å². The lowest BCUT2D eigenvalue weighted by molar-refractivity contribution is -0.0402. The van der Waals surface area contributed by atoms with Gasteiger partial charge in [0.2, 0.25) is 0 Å². The smallest absolute Gasteiger partial charge is 0.200 e. The average Bonchev–Trinajstić information content (AvgIpc) is 3.27. The summed E-state index contributed by atoms with van der Waals surface area (Å²) in [5, 5.41) is 0. The van der Waals surface area contributed by atoms with Crippen molar-refractivity contribution in [2.24, 2.45) is 0 Å². The molecule has 1 fully saturated rings. The standard InChI is InChI=1S/C23H23BrN2O3/c1-27-21-11-10-20(14-22(21)29-23-5-3-13-28-23)26(16-17-4-2-12-25-15-17)19-8-6-18(24)7-9-19/h2,4,6-12,14-15,23H,3,5,13,16H2,1H3. The molecule has 0 amide bonds. The van der Waals surface area contributed by atoms with Crippen LogP contribution in [0.3, 0.4) is 0 Å². The molecule has 3 aromatic rings. The van der Waals surface area contributed by atoms with Gasteiger partial charge >= 0.3 is 0 Å². The summed E-state index contributed by atoms with van der Waals surface area (Å²) >= 11 is 3.52. The Labute approximate surface area is 179 Å². The molecule has 150 valence electrons. The van der Waals surface area contributed by atoms with Gasteiger partial charge in [0.05, 0.1) is 13.7 Å². The van der Waals surface area contributed by atoms with Crippen LogP contribution in [0.4, 0.5) is 11.4 Å². The number of anilines is 2. The van der Waals surface area contributed by atoms with Crippen molar-refractivity contribution in [3.8, 4) is 11.5 Å². The molecule has 1 aliphatic heterocycles. The predicted molar refractivity (Wildman–Crippen MR) is 117 cm³/mol. The minimum atomic E-state index is -0.224. The van der Waals surface area contributed by atoms with Crippen LogP contribution in [0.15, 0.2) is 71.5 Å². The monoisotopic (exact) mass is 454 g/mol. The molecular weight excluding hydrogens is 432 g/mol. The van der Waals surface area contributed by atoms with Crippen molar-refractivity contribution in [1.82, 2.24) is 4.98 Å². The zero-order valence-electron chi connectivity index (χ0n) is 16.3. The molecule has 1 saturated heterocycles. The molecule has 0 radical (unpaired) electrons. The van der Waals surface area contributed by atoms with E-state index >= 15 is 0 Å². The van der Waals surface area contributed by atoms with E-state index < -0.39 is 0 Å². The molecule has 1 unspecified atom stereocenters. The molecule has 29 heavy (non-hydrogen) atoms. The van der Waals surface area contributed by atoms with E-state index in [9.17, 15) is 0 Å². The highest BCUT2D eigenvalue weighted by Gasteiger charge is 2.20. The van der Waals surface area contributed by atoms with Gasteiger partial charge in [0.15, 0.2) is 17.8 Å². The molecule has 2 aromatic carbocycles. The number of ether oxygens (including phenoxy) is 3. The van der Waals surface area contributed by atoms with Gasteiger partial charge in [0, 0.05) is 47.3 Å². The molecule has 1 atom stereocenters. The van der Waals surface area contributed by atoms with E-state index in [0.717, 1.165) is 40.9 Å². The Morgan fingerprint density at radius 1 is 1.10 bits per heavy atom. The summed E-state index contributed by atoms with van der Waals surface area (Å²) in [6, 6.07) is 18.3. The van der Waals surface area contributed by atoms with E-state index in [1.807, 2.05) is 42.6 Å². The van der Waals surface area contributed by atoms with Crippen molar-refractivity contribution in [3.05, 3.63) is 77.0 Å². The summed E-state index contributed by atoms with van der Waals surface area (Å²) in [4.78, 5) is 6.48. The van der Waals surface area contributed by atoms with Gasteiger partial charge in [-0.05, 0) is 54.4 Å². The maximum atomic E-state index is 6.10. The summed E-state index contributed by atoms with van der Waals surface area (Å²) < 4.78 is 18.3. The second-order valence-electron chi connectivity index (χ2n) is 6.82. The Morgan fingerprint density at radius 3 is 2.62 bits per heavy atom. The first-order valence-electron chi connectivity index (χ1n) is 9.61. The molecule has 0 saturated carbocycles. The van der Waals surface area contributed by atoms with E-state index in [-0.39, 0.29) is 6.29 Å². The first-order valence-corrected chi connectivity index (χ1v) is 10.4. The van der Waals surface area contributed by atoms with Crippen LogP contribution in [0.2, 0.25) is 0 Å². The van der Waals surface area contributed by atoms with E-state index in [0.29, 0.717) is 18.0 Å². The average molecular weight is 455 g/mol. The molecule has 0 spiro atoms. The van der Waals surface area contributed by atoms with Crippen molar-refractivity contribution in [3.63, 3.8) is 0 Å². The highest BCUT2D eigenvalue weighted by atomic mass is 79.9. The highest BCUT2D eigenvalue weighted by Crippen LogP contribution is 2.37. The first-order chi connectivity index (χ1) is 14.2. The summed E-state index contributed by atoms with van der Waals surface area (Å²) in [6.07, 6.45) is 5.35. The molecule has 1 aromatic heterocycles. The van der Waals surface area contributed by atoms with Crippen LogP contribution < -0.4 is 14.4 Å². The van der Waals surface area contributed by atoms with Crippen LogP contribution in [-0.4, -0.2) is 25.0 Å². The van der Waals surface area contributed by atoms with Crippen LogP contribution in [0.25, 0.3) is 0 Å². The maximum absolute atomic E-state index is 6.10. The lowest BCUT2D eigenvalue weighted by Gasteiger charge is -2.26. The normalized spacial score (nSPS) is 15.9. The van der Waals surface area contributed by atoms with Crippen molar-refractivity contribution in [1.29, 1.82) is 0 Å². The lowest BCUT2D eigenvalue weighted by Crippen LogP contribution is -2.18. The number of halogens is 1. The van der Waals surface area contributed by atoms with Gasteiger partial charge in [0.1, 0.15) is 0 Å². The molecule has 0 aliphatic carbocycles. The Balaban J connectivity index is 1.69. The number of methoxy groups -OCH3 is 1. The molecule has 6 heteroatoms. The van der Waals surface area contributed by atoms with Crippen LogP contribution in [0, 0.1) is 0 Å². The number of hydrogen-bond acceptors (Lipinski definition) is 5. The third kappa shape index (κ3) is 4.89. The van der Waals surface area contributed by atoms with Gasteiger partial charge in [0.25, 0.3) is 0 Å². The number of aromatic nitrogens is 1. The molecule has 0 bridgehead atoms. The Morgan fingerprint density at radius 2 is 1.93 bits per heavy atom. The Hall–Kier alpha value is -2.57. The van der Waals surface area contributed by atoms with Crippen LogP contribution in [0.1, 0.15) is 18.4 Å². The van der Waals surface area contributed by atoms with E-state index in [1.54, 1.807) is 13.3 Å². The minimum Gasteiger partial charge on any atom is -0.493 e. The van der Waals surface area contributed by atoms with Crippen LogP contribution >= 0.6 is 15.9 Å². The summed E-state index contributed by atoms with van der Waals surface area (Å²) in [5.41, 5.74) is 3.20. The third-order valence-electron chi connectivity index (χ3n) is 4.81. The van der Waals surface area contributed by atoms with Gasteiger partial charge in [-0.2, -0.15) is 0 Å². The van der Waals surface area contributed by atoms with Gasteiger partial charge in [-0.15, -0.1) is 0 Å². The van der Waals surface area contributed by atoms with E-state index in [2.05, 4.69) is 44.0 Å². The molecule has 4 rings (SSSR count). The van der Waals surface area contributed by atoms with Crippen LogP contribution in [0.5, 0.6) is 11.5 Å². The summed E-state index contributed by atoms with van der Waals surface area (Å²) in [5.74, 6) is 1.38. The highest BCUT2D eigenvalue weighted by molar-refractivity contribution is 9.10. The molecule has 2 heterocycles. The van der Waals surface area contributed by atoms with Crippen molar-refractivity contribution in [2.75, 3.05) is 18.6 Å². The van der Waals surface area contributed by atoms with Crippen molar-refractivity contribution in [2.45, 2.75) is 25.7 Å². The fourth-order valence-corrected chi connectivity index (χ4v) is 3.60. The number of hydrogen-bond donors (Lipinski definition) is 0. The zero-order chi connectivity index (χ0) is 20.1. The SMILES string of the molecule is COc1ccc(N(Cc2cccnc2)c2ccc(Br)cc2)cc1OC1CCCO1. The minimum absolute atomic E-state index is 0.224. The maximum Gasteiger partial charge on any atom is 0.200 e. The van der Waals surface area contributed by atoms with Crippen molar-refractivity contribution >= 4 is 27.3 Å². The first kappa shape index (κ1) is 19.7. The third-order valence-corrected chi connectivity index (χ3v) is 5.34. The van der Waals surface area contributed by atoms with E-state index in [4.69, 9.17) is 14.2 Å². The predicted octanol–water partition coefficient (Wildman–Crippen LogP) is 5.71. The fraction of sp³-hybridized carbons (Fsp3) is 0.261. The Kier molecular flexibility index (Phi) is 6.32.